The highest BCUT2D eigenvalue weighted by Gasteiger charge is 2.19. The minimum Gasteiger partial charge on any atom is -0.294 e. The van der Waals surface area contributed by atoms with Crippen LogP contribution in [0.2, 0.25) is 5.02 Å². The Morgan fingerprint density at radius 1 is 1.08 bits per heavy atom. The number of benzene rings is 2. The van der Waals surface area contributed by atoms with E-state index in [0.717, 1.165) is 47.7 Å². The molecule has 0 atom stereocenters. The summed E-state index contributed by atoms with van der Waals surface area (Å²) in [7, 11) is 0. The van der Waals surface area contributed by atoms with Crippen molar-refractivity contribution in [3.63, 3.8) is 0 Å². The van der Waals surface area contributed by atoms with E-state index in [2.05, 4.69) is 9.88 Å². The molecule has 1 aliphatic heterocycles. The van der Waals surface area contributed by atoms with Gasteiger partial charge in [-0.15, -0.1) is 0 Å². The first-order chi connectivity index (χ1) is 12.2. The van der Waals surface area contributed by atoms with Crippen LogP contribution in [0.1, 0.15) is 16.8 Å². The van der Waals surface area contributed by atoms with E-state index in [0.29, 0.717) is 11.6 Å². The van der Waals surface area contributed by atoms with Gasteiger partial charge in [-0.3, -0.25) is 4.90 Å². The number of fused-ring (bicyclic) bond motifs is 1. The molecule has 0 spiro atoms. The standard InChI is InChI=1S/C20H17ClFN3/c21-17-7-5-14(6-8-17)20-23-11-16-13-25(10-9-19(16)24-20)12-15-3-1-2-4-18(15)22/h1-8,11H,9-10,12-13H2. The molecule has 2 heterocycles. The zero-order valence-electron chi connectivity index (χ0n) is 13.6. The molecule has 1 aromatic heterocycles. The molecular weight excluding hydrogens is 337 g/mol. The van der Waals surface area contributed by atoms with Crippen molar-refractivity contribution >= 4 is 11.6 Å². The van der Waals surface area contributed by atoms with Crippen molar-refractivity contribution in [2.45, 2.75) is 19.5 Å². The second-order valence-corrected chi connectivity index (χ2v) is 6.66. The van der Waals surface area contributed by atoms with E-state index in [1.165, 1.54) is 6.07 Å². The van der Waals surface area contributed by atoms with E-state index >= 15 is 0 Å². The molecule has 1 aliphatic rings. The number of aromatic nitrogens is 2. The van der Waals surface area contributed by atoms with Gasteiger partial charge in [0.05, 0.1) is 5.69 Å². The van der Waals surface area contributed by atoms with Crippen LogP contribution < -0.4 is 0 Å². The molecule has 0 N–H and O–H groups in total. The first-order valence-electron chi connectivity index (χ1n) is 8.25. The summed E-state index contributed by atoms with van der Waals surface area (Å²) in [6.45, 7) is 2.20. The lowest BCUT2D eigenvalue weighted by atomic mass is 10.1. The van der Waals surface area contributed by atoms with Gasteiger partial charge < -0.3 is 0 Å². The quantitative estimate of drug-likeness (QED) is 0.694. The fourth-order valence-electron chi connectivity index (χ4n) is 3.12. The average molecular weight is 354 g/mol. The molecule has 0 saturated heterocycles. The molecule has 0 amide bonds. The van der Waals surface area contributed by atoms with Gasteiger partial charge in [-0.25, -0.2) is 14.4 Å². The number of nitrogens with zero attached hydrogens (tertiary/aromatic N) is 3. The van der Waals surface area contributed by atoms with Gasteiger partial charge in [0.15, 0.2) is 5.82 Å². The summed E-state index contributed by atoms with van der Waals surface area (Å²) in [5.41, 5.74) is 3.87. The van der Waals surface area contributed by atoms with E-state index < -0.39 is 0 Å². The first kappa shape index (κ1) is 16.2. The molecule has 0 fully saturated rings. The maximum atomic E-state index is 13.8. The van der Waals surface area contributed by atoms with Crippen molar-refractivity contribution in [2.75, 3.05) is 6.54 Å². The summed E-state index contributed by atoms with van der Waals surface area (Å²) in [4.78, 5) is 11.4. The average Bonchev–Trinajstić information content (AvgIpc) is 2.64. The van der Waals surface area contributed by atoms with Crippen molar-refractivity contribution in [2.24, 2.45) is 0 Å². The predicted octanol–water partition coefficient (Wildman–Crippen LogP) is 4.49. The molecular formula is C20H17ClFN3. The molecule has 3 nitrogen and oxygen atoms in total. The van der Waals surface area contributed by atoms with Gasteiger partial charge in [0.2, 0.25) is 0 Å². The molecule has 5 heteroatoms. The van der Waals surface area contributed by atoms with E-state index in [4.69, 9.17) is 16.6 Å². The second-order valence-electron chi connectivity index (χ2n) is 6.22. The molecule has 0 radical (unpaired) electrons. The molecule has 2 aromatic carbocycles. The molecule has 0 aliphatic carbocycles. The maximum absolute atomic E-state index is 13.8. The summed E-state index contributed by atoms with van der Waals surface area (Å²) in [6, 6.07) is 14.5. The van der Waals surface area contributed by atoms with Crippen molar-refractivity contribution in [3.8, 4) is 11.4 Å². The molecule has 4 rings (SSSR count). The molecule has 25 heavy (non-hydrogen) atoms. The number of halogens is 2. The van der Waals surface area contributed by atoms with Crippen molar-refractivity contribution in [1.82, 2.24) is 14.9 Å². The summed E-state index contributed by atoms with van der Waals surface area (Å²) in [6.07, 6.45) is 2.73. The Morgan fingerprint density at radius 2 is 1.88 bits per heavy atom. The van der Waals surface area contributed by atoms with E-state index in [1.807, 2.05) is 42.6 Å². The SMILES string of the molecule is Fc1ccccc1CN1CCc2nc(-c3ccc(Cl)cc3)ncc2C1. The third-order valence-electron chi connectivity index (χ3n) is 4.47. The van der Waals surface area contributed by atoms with Crippen LogP contribution in [0.25, 0.3) is 11.4 Å². The smallest absolute Gasteiger partial charge is 0.159 e. The highest BCUT2D eigenvalue weighted by Crippen LogP contribution is 2.23. The Hall–Kier alpha value is -2.30. The predicted molar refractivity (Wildman–Crippen MR) is 96.7 cm³/mol. The summed E-state index contributed by atoms with van der Waals surface area (Å²) in [5, 5.41) is 0.700. The monoisotopic (exact) mass is 353 g/mol. The fraction of sp³-hybridized carbons (Fsp3) is 0.200. The zero-order chi connectivity index (χ0) is 17.2. The third kappa shape index (κ3) is 3.55. The summed E-state index contributed by atoms with van der Waals surface area (Å²) >= 11 is 5.94. The normalized spacial score (nSPS) is 14.3. The molecule has 3 aromatic rings. The lowest BCUT2D eigenvalue weighted by Crippen LogP contribution is -2.31. The molecule has 126 valence electrons. The minimum absolute atomic E-state index is 0.150. The molecule has 0 saturated carbocycles. The summed E-state index contributed by atoms with van der Waals surface area (Å²) in [5.74, 6) is 0.570. The Bertz CT molecular complexity index is 896. The molecule has 0 unspecified atom stereocenters. The van der Waals surface area contributed by atoms with Crippen LogP contribution in [0, 0.1) is 5.82 Å². The lowest BCUT2D eigenvalue weighted by Gasteiger charge is -2.28. The van der Waals surface area contributed by atoms with Crippen molar-refractivity contribution < 1.29 is 4.39 Å². The Kier molecular flexibility index (Phi) is 4.47. The van der Waals surface area contributed by atoms with Crippen LogP contribution in [0.3, 0.4) is 0 Å². The van der Waals surface area contributed by atoms with E-state index in [-0.39, 0.29) is 5.82 Å². The minimum atomic E-state index is -0.150. The van der Waals surface area contributed by atoms with Crippen LogP contribution in [0.15, 0.2) is 54.7 Å². The van der Waals surface area contributed by atoms with Crippen LogP contribution in [0.5, 0.6) is 0 Å². The first-order valence-corrected chi connectivity index (χ1v) is 8.63. The van der Waals surface area contributed by atoms with Gasteiger partial charge in [0.1, 0.15) is 5.82 Å². The van der Waals surface area contributed by atoms with E-state index in [9.17, 15) is 4.39 Å². The van der Waals surface area contributed by atoms with Crippen LogP contribution >= 0.6 is 11.6 Å². The maximum Gasteiger partial charge on any atom is 0.159 e. The topological polar surface area (TPSA) is 29.0 Å². The van der Waals surface area contributed by atoms with Gasteiger partial charge >= 0.3 is 0 Å². The van der Waals surface area contributed by atoms with Gasteiger partial charge in [-0.2, -0.15) is 0 Å². The van der Waals surface area contributed by atoms with Gasteiger partial charge in [0.25, 0.3) is 0 Å². The highest BCUT2D eigenvalue weighted by molar-refractivity contribution is 6.30. The molecule has 0 bridgehead atoms. The largest absolute Gasteiger partial charge is 0.294 e. The fourth-order valence-corrected chi connectivity index (χ4v) is 3.24. The Balaban J connectivity index is 1.52. The van der Waals surface area contributed by atoms with Crippen molar-refractivity contribution in [1.29, 1.82) is 0 Å². The second kappa shape index (κ2) is 6.90. The Labute approximate surface area is 151 Å². The van der Waals surface area contributed by atoms with Gasteiger partial charge in [-0.05, 0) is 30.3 Å². The highest BCUT2D eigenvalue weighted by atomic mass is 35.5. The van der Waals surface area contributed by atoms with Crippen LogP contribution in [0.4, 0.5) is 4.39 Å². The van der Waals surface area contributed by atoms with Crippen molar-refractivity contribution in [3.05, 3.63) is 82.4 Å². The summed E-state index contributed by atoms with van der Waals surface area (Å²) < 4.78 is 13.8. The van der Waals surface area contributed by atoms with Gasteiger partial charge in [0, 0.05) is 54.0 Å². The lowest BCUT2D eigenvalue weighted by molar-refractivity contribution is 0.239. The zero-order valence-corrected chi connectivity index (χ0v) is 14.4. The van der Waals surface area contributed by atoms with Crippen LogP contribution in [-0.2, 0) is 19.5 Å². The third-order valence-corrected chi connectivity index (χ3v) is 4.72. The number of hydrogen-bond donors (Lipinski definition) is 0. The van der Waals surface area contributed by atoms with Crippen LogP contribution in [-0.4, -0.2) is 21.4 Å². The number of rotatable bonds is 3. The number of hydrogen-bond acceptors (Lipinski definition) is 3. The van der Waals surface area contributed by atoms with E-state index in [1.54, 1.807) is 6.07 Å². The Morgan fingerprint density at radius 3 is 2.68 bits per heavy atom. The van der Waals surface area contributed by atoms with Gasteiger partial charge in [-0.1, -0.05) is 29.8 Å².